The number of fused-ring (bicyclic) bond motifs is 1. The molecule has 3 heterocycles. The number of likely N-dealkylation sites (tertiary alicyclic amines) is 1. The molecule has 8 heteroatoms. The molecule has 2 aromatic heterocycles. The first-order chi connectivity index (χ1) is 21.2. The molecule has 230 valence electrons. The highest BCUT2D eigenvalue weighted by Crippen LogP contribution is 2.46. The van der Waals surface area contributed by atoms with Crippen LogP contribution in [0.5, 0.6) is 5.75 Å². The summed E-state index contributed by atoms with van der Waals surface area (Å²) < 4.78 is 11.5. The minimum atomic E-state index is -1.01. The molecular formula is C36H42N4O4. The van der Waals surface area contributed by atoms with Gasteiger partial charge >= 0.3 is 6.09 Å². The molecule has 2 aliphatic rings. The van der Waals surface area contributed by atoms with Gasteiger partial charge in [-0.05, 0) is 87.3 Å². The molecule has 1 N–H and O–H groups in total. The summed E-state index contributed by atoms with van der Waals surface area (Å²) in [6, 6.07) is 18.3. The Morgan fingerprint density at radius 2 is 1.77 bits per heavy atom. The molecule has 2 fully saturated rings. The van der Waals surface area contributed by atoms with Gasteiger partial charge in [0.1, 0.15) is 22.7 Å². The molecule has 0 spiro atoms. The number of pyridine rings is 1. The maximum absolute atomic E-state index is 14.5. The number of nitrogens with one attached hydrogen (secondary N) is 1. The van der Waals surface area contributed by atoms with Crippen LogP contribution in [0.25, 0.3) is 11.0 Å². The number of benzene rings is 2. The Bertz CT molecular complexity index is 1620. The standard InChI is InChI=1S/C36H42N4O4/c1-35(2,3)44-34(42)40-22-19-36(33(40)41,23-24-17-20-37-21-18-24)27-15-16-28(43-4)31-30(27)38-32(39-31)29(25-11-7-5-8-12-25)26-13-9-6-10-14-26/h5,7-8,11-12,15-18,20-21,26,29H,6,9-10,13-14,19,22-23H2,1-4H3,(H,38,39). The van der Waals surface area contributed by atoms with Crippen LogP contribution in [0, 0.1) is 5.92 Å². The van der Waals surface area contributed by atoms with E-state index in [-0.39, 0.29) is 18.4 Å². The van der Waals surface area contributed by atoms with Crippen molar-refractivity contribution >= 4 is 23.0 Å². The van der Waals surface area contributed by atoms with Gasteiger partial charge in [0.15, 0.2) is 0 Å². The summed E-state index contributed by atoms with van der Waals surface area (Å²) in [5, 5.41) is 0. The van der Waals surface area contributed by atoms with Crippen molar-refractivity contribution < 1.29 is 19.1 Å². The number of methoxy groups -OCH3 is 1. The zero-order valence-corrected chi connectivity index (χ0v) is 26.1. The van der Waals surface area contributed by atoms with E-state index in [9.17, 15) is 9.59 Å². The summed E-state index contributed by atoms with van der Waals surface area (Å²) in [6.45, 7) is 5.70. The van der Waals surface area contributed by atoms with E-state index in [1.165, 1.54) is 29.7 Å². The average molecular weight is 595 g/mol. The molecule has 1 saturated heterocycles. The average Bonchev–Trinajstić information content (AvgIpc) is 3.59. The summed E-state index contributed by atoms with van der Waals surface area (Å²) in [6.07, 6.45) is 9.72. The second-order valence-electron chi connectivity index (χ2n) is 13.2. The van der Waals surface area contributed by atoms with E-state index in [0.717, 1.165) is 35.3 Å². The van der Waals surface area contributed by atoms with Crippen LogP contribution in [0.4, 0.5) is 4.79 Å². The molecule has 1 aliphatic carbocycles. The number of H-pyrrole nitrogens is 1. The number of aromatic nitrogens is 3. The summed E-state index contributed by atoms with van der Waals surface area (Å²) >= 11 is 0. The molecule has 44 heavy (non-hydrogen) atoms. The number of aromatic amines is 1. The highest BCUT2D eigenvalue weighted by atomic mass is 16.6. The second kappa shape index (κ2) is 12.1. The molecule has 4 aromatic rings. The highest BCUT2D eigenvalue weighted by Gasteiger charge is 2.52. The van der Waals surface area contributed by atoms with E-state index in [4.69, 9.17) is 14.5 Å². The van der Waals surface area contributed by atoms with Gasteiger partial charge in [0, 0.05) is 24.9 Å². The van der Waals surface area contributed by atoms with Gasteiger partial charge in [-0.15, -0.1) is 0 Å². The number of amides is 2. The Balaban J connectivity index is 1.51. The molecule has 2 unspecified atom stereocenters. The zero-order valence-electron chi connectivity index (χ0n) is 26.1. The van der Waals surface area contributed by atoms with E-state index in [1.54, 1.807) is 19.5 Å². The van der Waals surface area contributed by atoms with Crippen molar-refractivity contribution in [3.63, 3.8) is 0 Å². The van der Waals surface area contributed by atoms with Crippen molar-refractivity contribution in [2.24, 2.45) is 5.92 Å². The van der Waals surface area contributed by atoms with Crippen molar-refractivity contribution in [2.45, 2.75) is 82.7 Å². The predicted molar refractivity (Wildman–Crippen MR) is 170 cm³/mol. The lowest BCUT2D eigenvalue weighted by Crippen LogP contribution is -2.44. The monoisotopic (exact) mass is 594 g/mol. The van der Waals surface area contributed by atoms with Crippen molar-refractivity contribution in [1.29, 1.82) is 0 Å². The fourth-order valence-corrected chi connectivity index (χ4v) is 7.20. The number of carbonyl (C=O) groups is 2. The fraction of sp³-hybridized carbons (Fsp3) is 0.444. The zero-order chi connectivity index (χ0) is 30.9. The Morgan fingerprint density at radius 1 is 1.05 bits per heavy atom. The number of rotatable bonds is 7. The van der Waals surface area contributed by atoms with Crippen molar-refractivity contribution in [2.75, 3.05) is 13.7 Å². The van der Waals surface area contributed by atoms with Crippen LogP contribution in [0.15, 0.2) is 67.0 Å². The first-order valence-electron chi connectivity index (χ1n) is 15.8. The maximum atomic E-state index is 14.5. The van der Waals surface area contributed by atoms with Crippen LogP contribution in [0.3, 0.4) is 0 Å². The SMILES string of the molecule is COc1ccc(C2(Cc3ccncc3)CCN(C(=O)OC(C)(C)C)C2=O)c2[nH]c(C(c3ccccc3)C3CCCCC3)nc12. The minimum Gasteiger partial charge on any atom is -0.494 e. The fourth-order valence-electron chi connectivity index (χ4n) is 7.20. The molecule has 8 nitrogen and oxygen atoms in total. The van der Waals surface area contributed by atoms with Gasteiger partial charge in [0.05, 0.1) is 18.0 Å². The number of hydrogen-bond acceptors (Lipinski definition) is 6. The molecule has 0 bridgehead atoms. The quantitative estimate of drug-likeness (QED) is 0.241. The molecule has 0 radical (unpaired) electrons. The normalized spacial score (nSPS) is 20.2. The number of hydrogen-bond donors (Lipinski definition) is 1. The van der Waals surface area contributed by atoms with Crippen molar-refractivity contribution in [3.05, 3.63) is 89.5 Å². The van der Waals surface area contributed by atoms with Crippen molar-refractivity contribution in [1.82, 2.24) is 19.9 Å². The van der Waals surface area contributed by atoms with Crippen LogP contribution in [0.2, 0.25) is 0 Å². The number of nitrogens with zero attached hydrogens (tertiary/aromatic N) is 3. The van der Waals surface area contributed by atoms with Gasteiger partial charge in [-0.2, -0.15) is 0 Å². The lowest BCUT2D eigenvalue weighted by Gasteiger charge is -2.30. The van der Waals surface area contributed by atoms with E-state index in [2.05, 4.69) is 34.2 Å². The molecular weight excluding hydrogens is 552 g/mol. The Labute approximate surface area is 259 Å². The van der Waals surface area contributed by atoms with Crippen molar-refractivity contribution in [3.8, 4) is 5.75 Å². The summed E-state index contributed by atoms with van der Waals surface area (Å²) in [5.74, 6) is 1.82. The number of carbonyl (C=O) groups excluding carboxylic acids is 2. The third kappa shape index (κ3) is 5.70. The molecule has 2 aromatic carbocycles. The second-order valence-corrected chi connectivity index (χ2v) is 13.2. The van der Waals surface area contributed by atoms with Gasteiger partial charge in [-0.1, -0.05) is 55.7 Å². The Hall–Kier alpha value is -4.20. The largest absolute Gasteiger partial charge is 0.494 e. The predicted octanol–water partition coefficient (Wildman–Crippen LogP) is 7.33. The highest BCUT2D eigenvalue weighted by molar-refractivity contribution is 6.03. The van der Waals surface area contributed by atoms with Gasteiger partial charge in [0.2, 0.25) is 5.91 Å². The van der Waals surface area contributed by atoms with E-state index in [1.807, 2.05) is 51.1 Å². The summed E-state index contributed by atoms with van der Waals surface area (Å²) in [5.41, 5.74) is 2.77. The Kier molecular flexibility index (Phi) is 8.18. The van der Waals surface area contributed by atoms with E-state index in [0.29, 0.717) is 30.0 Å². The third-order valence-electron chi connectivity index (χ3n) is 9.22. The van der Waals surface area contributed by atoms with Gasteiger partial charge in [-0.25, -0.2) is 14.7 Å². The van der Waals surface area contributed by atoms with E-state index < -0.39 is 17.1 Å². The summed E-state index contributed by atoms with van der Waals surface area (Å²) in [7, 11) is 1.65. The number of imide groups is 1. The number of imidazole rings is 1. The summed E-state index contributed by atoms with van der Waals surface area (Å²) in [4.78, 5) is 42.2. The van der Waals surface area contributed by atoms with Crippen LogP contribution in [-0.2, 0) is 21.4 Å². The van der Waals surface area contributed by atoms with Crippen LogP contribution < -0.4 is 4.74 Å². The molecule has 1 saturated carbocycles. The van der Waals surface area contributed by atoms with Gasteiger partial charge < -0.3 is 14.5 Å². The van der Waals surface area contributed by atoms with Crippen LogP contribution >= 0.6 is 0 Å². The molecule has 2 atom stereocenters. The molecule has 6 rings (SSSR count). The van der Waals surface area contributed by atoms with Crippen LogP contribution in [0.1, 0.15) is 87.7 Å². The Morgan fingerprint density at radius 3 is 2.45 bits per heavy atom. The lowest BCUT2D eigenvalue weighted by molar-refractivity contribution is -0.131. The third-order valence-corrected chi connectivity index (χ3v) is 9.22. The van der Waals surface area contributed by atoms with Gasteiger partial charge in [0.25, 0.3) is 0 Å². The van der Waals surface area contributed by atoms with Gasteiger partial charge in [-0.3, -0.25) is 9.78 Å². The molecule has 1 aliphatic heterocycles. The first-order valence-corrected chi connectivity index (χ1v) is 15.8. The smallest absolute Gasteiger partial charge is 0.417 e. The minimum absolute atomic E-state index is 0.0927. The van der Waals surface area contributed by atoms with E-state index >= 15 is 0 Å². The van der Waals surface area contributed by atoms with Crippen LogP contribution in [-0.4, -0.2) is 51.1 Å². The lowest BCUT2D eigenvalue weighted by atomic mass is 9.73. The first kappa shape index (κ1) is 29.9. The topological polar surface area (TPSA) is 97.4 Å². The maximum Gasteiger partial charge on any atom is 0.417 e. The molecule has 2 amide bonds. The number of ether oxygens (including phenoxy) is 2.